The van der Waals surface area contributed by atoms with Crippen LogP contribution in [0.5, 0.6) is 0 Å². The highest BCUT2D eigenvalue weighted by molar-refractivity contribution is 5.51. The number of hydrogen-bond acceptors (Lipinski definition) is 2. The number of aldehydes is 1. The molecule has 0 unspecified atom stereocenters. The first-order valence-electron chi connectivity index (χ1n) is 6.57. The number of hydrogen-bond donors (Lipinski definition) is 0. The van der Waals surface area contributed by atoms with Crippen LogP contribution in [0, 0.1) is 6.92 Å². The van der Waals surface area contributed by atoms with Gasteiger partial charge >= 0.3 is 0 Å². The number of likely N-dealkylation sites (N-methyl/N-ethyl adjacent to an activating group) is 1. The van der Waals surface area contributed by atoms with Gasteiger partial charge in [0.15, 0.2) is 0 Å². The summed E-state index contributed by atoms with van der Waals surface area (Å²) in [5.74, 6) is 0. The van der Waals surface area contributed by atoms with Gasteiger partial charge in [-0.3, -0.25) is 4.90 Å². The summed E-state index contributed by atoms with van der Waals surface area (Å²) in [6.07, 6.45) is 1.95. The number of carbonyl (C=O) groups excluding carboxylic acids is 1. The van der Waals surface area contributed by atoms with Crippen LogP contribution in [0.25, 0.3) is 0 Å². The topological polar surface area (TPSA) is 20.3 Å². The van der Waals surface area contributed by atoms with Crippen LogP contribution in [0.15, 0.2) is 18.2 Å². The molecule has 0 radical (unpaired) electrons. The van der Waals surface area contributed by atoms with E-state index < -0.39 is 0 Å². The third-order valence-corrected chi connectivity index (χ3v) is 3.36. The lowest BCUT2D eigenvalue weighted by Gasteiger charge is -2.21. The molecule has 0 bridgehead atoms. The Morgan fingerprint density at radius 3 is 2.44 bits per heavy atom. The Morgan fingerprint density at radius 1 is 1.28 bits per heavy atom. The van der Waals surface area contributed by atoms with Gasteiger partial charge in [-0.1, -0.05) is 39.0 Å². The van der Waals surface area contributed by atoms with Crippen LogP contribution in [-0.2, 0) is 16.6 Å². The standard InChI is InChI=1S/C16H25NO/c1-13-12-15(16(2,3)4)7-6-14(13)8-9-17(5)10-11-18/h6-7,11-12H,8-10H2,1-5H3. The highest BCUT2D eigenvalue weighted by atomic mass is 16.1. The summed E-state index contributed by atoms with van der Waals surface area (Å²) in [6, 6.07) is 6.74. The van der Waals surface area contributed by atoms with Gasteiger partial charge in [-0.05, 0) is 42.5 Å². The van der Waals surface area contributed by atoms with Crippen molar-refractivity contribution in [1.82, 2.24) is 4.90 Å². The van der Waals surface area contributed by atoms with Gasteiger partial charge < -0.3 is 4.79 Å². The SMILES string of the molecule is Cc1cc(C(C)(C)C)ccc1CCN(C)CC=O. The molecule has 0 atom stereocenters. The van der Waals surface area contributed by atoms with Crippen molar-refractivity contribution in [3.8, 4) is 0 Å². The molecular weight excluding hydrogens is 222 g/mol. The molecule has 0 fully saturated rings. The predicted molar refractivity (Wildman–Crippen MR) is 77.1 cm³/mol. The third-order valence-electron chi connectivity index (χ3n) is 3.36. The van der Waals surface area contributed by atoms with Crippen molar-refractivity contribution in [3.63, 3.8) is 0 Å². The van der Waals surface area contributed by atoms with Crippen LogP contribution < -0.4 is 0 Å². The summed E-state index contributed by atoms with van der Waals surface area (Å²) in [6.45, 7) is 10.3. The summed E-state index contributed by atoms with van der Waals surface area (Å²) in [7, 11) is 1.98. The normalized spacial score (nSPS) is 11.9. The molecule has 0 aliphatic rings. The zero-order chi connectivity index (χ0) is 13.8. The summed E-state index contributed by atoms with van der Waals surface area (Å²) in [5, 5.41) is 0. The summed E-state index contributed by atoms with van der Waals surface area (Å²) in [4.78, 5) is 12.5. The van der Waals surface area contributed by atoms with E-state index in [9.17, 15) is 4.79 Å². The molecule has 0 aliphatic heterocycles. The molecule has 2 nitrogen and oxygen atoms in total. The number of carbonyl (C=O) groups is 1. The van der Waals surface area contributed by atoms with Crippen molar-refractivity contribution >= 4 is 6.29 Å². The second-order valence-electron chi connectivity index (χ2n) is 6.07. The number of aryl methyl sites for hydroxylation is 1. The van der Waals surface area contributed by atoms with E-state index in [4.69, 9.17) is 0 Å². The van der Waals surface area contributed by atoms with Gasteiger partial charge in [0.2, 0.25) is 0 Å². The number of nitrogens with zero attached hydrogens (tertiary/aromatic N) is 1. The highest BCUT2D eigenvalue weighted by Gasteiger charge is 2.14. The van der Waals surface area contributed by atoms with Crippen molar-refractivity contribution < 1.29 is 4.79 Å². The Morgan fingerprint density at radius 2 is 1.94 bits per heavy atom. The average molecular weight is 247 g/mol. The van der Waals surface area contributed by atoms with Crippen molar-refractivity contribution in [2.24, 2.45) is 0 Å². The lowest BCUT2D eigenvalue weighted by Crippen LogP contribution is -2.23. The van der Waals surface area contributed by atoms with Crippen LogP contribution >= 0.6 is 0 Å². The monoisotopic (exact) mass is 247 g/mol. The molecule has 1 aromatic carbocycles. The fourth-order valence-electron chi connectivity index (χ4n) is 1.97. The second kappa shape index (κ2) is 6.14. The molecule has 1 rings (SSSR count). The Kier molecular flexibility index (Phi) is 5.09. The molecule has 2 heteroatoms. The molecule has 0 spiro atoms. The van der Waals surface area contributed by atoms with E-state index in [1.54, 1.807) is 0 Å². The largest absolute Gasteiger partial charge is 0.302 e. The van der Waals surface area contributed by atoms with Crippen LogP contribution in [0.3, 0.4) is 0 Å². The fourth-order valence-corrected chi connectivity index (χ4v) is 1.97. The Hall–Kier alpha value is -1.15. The van der Waals surface area contributed by atoms with E-state index in [-0.39, 0.29) is 5.41 Å². The van der Waals surface area contributed by atoms with Gasteiger partial charge in [0.05, 0.1) is 6.54 Å². The minimum Gasteiger partial charge on any atom is -0.302 e. The smallest absolute Gasteiger partial charge is 0.133 e. The van der Waals surface area contributed by atoms with E-state index in [1.807, 2.05) is 11.9 Å². The van der Waals surface area contributed by atoms with Crippen LogP contribution in [-0.4, -0.2) is 31.3 Å². The van der Waals surface area contributed by atoms with Crippen molar-refractivity contribution in [3.05, 3.63) is 34.9 Å². The second-order valence-corrected chi connectivity index (χ2v) is 6.07. The van der Waals surface area contributed by atoms with Crippen molar-refractivity contribution in [1.29, 1.82) is 0 Å². The maximum absolute atomic E-state index is 10.4. The first-order valence-corrected chi connectivity index (χ1v) is 6.57. The van der Waals surface area contributed by atoms with Gasteiger partial charge in [-0.25, -0.2) is 0 Å². The van der Waals surface area contributed by atoms with Gasteiger partial charge in [-0.15, -0.1) is 0 Å². The summed E-state index contributed by atoms with van der Waals surface area (Å²) in [5.41, 5.74) is 4.31. The highest BCUT2D eigenvalue weighted by Crippen LogP contribution is 2.24. The molecule has 1 aromatic rings. The molecule has 0 N–H and O–H groups in total. The van der Waals surface area contributed by atoms with Crippen LogP contribution in [0.1, 0.15) is 37.5 Å². The Labute approximate surface area is 111 Å². The van der Waals surface area contributed by atoms with E-state index in [0.29, 0.717) is 6.54 Å². The molecule has 0 saturated heterocycles. The van der Waals surface area contributed by atoms with Crippen molar-refractivity contribution in [2.75, 3.05) is 20.1 Å². The summed E-state index contributed by atoms with van der Waals surface area (Å²) < 4.78 is 0. The maximum atomic E-state index is 10.4. The lowest BCUT2D eigenvalue weighted by atomic mass is 9.85. The molecular formula is C16H25NO. The average Bonchev–Trinajstić information content (AvgIpc) is 2.26. The van der Waals surface area contributed by atoms with Gasteiger partial charge in [0.1, 0.15) is 6.29 Å². The molecule has 0 amide bonds. The van der Waals surface area contributed by atoms with E-state index in [0.717, 1.165) is 19.3 Å². The van der Waals surface area contributed by atoms with Crippen LogP contribution in [0.4, 0.5) is 0 Å². The van der Waals surface area contributed by atoms with E-state index >= 15 is 0 Å². The van der Waals surface area contributed by atoms with Crippen LogP contribution in [0.2, 0.25) is 0 Å². The zero-order valence-corrected chi connectivity index (χ0v) is 12.3. The fraction of sp³-hybridized carbons (Fsp3) is 0.562. The number of benzene rings is 1. The van der Waals surface area contributed by atoms with Gasteiger partial charge in [0.25, 0.3) is 0 Å². The zero-order valence-electron chi connectivity index (χ0n) is 12.3. The molecule has 0 heterocycles. The Bertz CT molecular complexity index is 404. The van der Waals surface area contributed by atoms with Gasteiger partial charge in [0, 0.05) is 6.54 Å². The Balaban J connectivity index is 2.71. The summed E-state index contributed by atoms with van der Waals surface area (Å²) >= 11 is 0. The minimum absolute atomic E-state index is 0.206. The molecule has 0 saturated carbocycles. The van der Waals surface area contributed by atoms with Crippen molar-refractivity contribution in [2.45, 2.75) is 39.5 Å². The first-order chi connectivity index (χ1) is 8.34. The molecule has 18 heavy (non-hydrogen) atoms. The molecule has 0 aliphatic carbocycles. The minimum atomic E-state index is 0.206. The maximum Gasteiger partial charge on any atom is 0.133 e. The van der Waals surface area contributed by atoms with Gasteiger partial charge in [-0.2, -0.15) is 0 Å². The number of rotatable bonds is 5. The molecule has 0 aromatic heterocycles. The predicted octanol–water partition coefficient (Wildman–Crippen LogP) is 2.97. The first kappa shape index (κ1) is 14.9. The van der Waals surface area contributed by atoms with E-state index in [2.05, 4.69) is 45.9 Å². The molecule has 100 valence electrons. The lowest BCUT2D eigenvalue weighted by molar-refractivity contribution is -0.108. The third kappa shape index (κ3) is 4.26. The van der Waals surface area contributed by atoms with E-state index in [1.165, 1.54) is 16.7 Å². The quantitative estimate of drug-likeness (QED) is 0.746.